The van der Waals surface area contributed by atoms with Crippen LogP contribution >= 0.6 is 27.7 Å². The maximum Gasteiger partial charge on any atom is 0.137 e. The van der Waals surface area contributed by atoms with Gasteiger partial charge in [-0.2, -0.15) is 11.8 Å². The summed E-state index contributed by atoms with van der Waals surface area (Å²) in [6.45, 7) is 2.35. The van der Waals surface area contributed by atoms with Crippen molar-refractivity contribution in [2.45, 2.75) is 43.6 Å². The summed E-state index contributed by atoms with van der Waals surface area (Å²) in [6.07, 6.45) is 5.44. The normalized spacial score (nSPS) is 24.9. The molecule has 2 unspecified atom stereocenters. The van der Waals surface area contributed by atoms with E-state index in [4.69, 9.17) is 0 Å². The SMILES string of the molecule is CC1CCCC(SCc2ccc(F)c(Br)c2)C1. The fourth-order valence-electron chi connectivity index (χ4n) is 2.37. The second-order valence-electron chi connectivity index (χ2n) is 4.95. The van der Waals surface area contributed by atoms with E-state index in [2.05, 4.69) is 22.9 Å². The van der Waals surface area contributed by atoms with E-state index in [9.17, 15) is 4.39 Å². The third-order valence-electron chi connectivity index (χ3n) is 3.36. The van der Waals surface area contributed by atoms with Gasteiger partial charge in [0.1, 0.15) is 5.82 Å². The first kappa shape index (κ1) is 13.4. The lowest BCUT2D eigenvalue weighted by Gasteiger charge is -2.26. The summed E-state index contributed by atoms with van der Waals surface area (Å²) in [7, 11) is 0. The Morgan fingerprint density at radius 1 is 1.41 bits per heavy atom. The van der Waals surface area contributed by atoms with Crippen LogP contribution in [0.25, 0.3) is 0 Å². The number of rotatable bonds is 3. The molecule has 1 fully saturated rings. The molecule has 0 bridgehead atoms. The van der Waals surface area contributed by atoms with Crippen molar-refractivity contribution in [2.75, 3.05) is 0 Å². The highest BCUT2D eigenvalue weighted by molar-refractivity contribution is 9.10. The number of halogens is 2. The van der Waals surface area contributed by atoms with Gasteiger partial charge in [0.2, 0.25) is 0 Å². The van der Waals surface area contributed by atoms with Crippen molar-refractivity contribution < 1.29 is 4.39 Å². The van der Waals surface area contributed by atoms with Gasteiger partial charge in [-0.05, 0) is 52.4 Å². The lowest BCUT2D eigenvalue weighted by atomic mass is 9.91. The van der Waals surface area contributed by atoms with Gasteiger partial charge in [0.05, 0.1) is 4.47 Å². The van der Waals surface area contributed by atoms with Crippen LogP contribution in [0.2, 0.25) is 0 Å². The molecule has 1 saturated carbocycles. The Bertz CT molecular complexity index is 380. The van der Waals surface area contributed by atoms with Crippen molar-refractivity contribution in [3.63, 3.8) is 0 Å². The van der Waals surface area contributed by atoms with E-state index in [1.54, 1.807) is 6.07 Å². The summed E-state index contributed by atoms with van der Waals surface area (Å²) in [4.78, 5) is 0. The molecule has 1 aromatic carbocycles. The Kier molecular flexibility index (Phi) is 4.92. The smallest absolute Gasteiger partial charge is 0.137 e. The van der Waals surface area contributed by atoms with Crippen molar-refractivity contribution in [1.82, 2.24) is 0 Å². The van der Waals surface area contributed by atoms with E-state index in [0.29, 0.717) is 4.47 Å². The van der Waals surface area contributed by atoms with E-state index in [0.717, 1.165) is 16.9 Å². The van der Waals surface area contributed by atoms with Crippen molar-refractivity contribution in [2.24, 2.45) is 5.92 Å². The number of benzene rings is 1. The summed E-state index contributed by atoms with van der Waals surface area (Å²) in [5, 5.41) is 0.794. The lowest BCUT2D eigenvalue weighted by molar-refractivity contribution is 0.394. The van der Waals surface area contributed by atoms with Crippen molar-refractivity contribution in [3.05, 3.63) is 34.1 Å². The molecule has 0 N–H and O–H groups in total. The molecule has 17 heavy (non-hydrogen) atoms. The van der Waals surface area contributed by atoms with Gasteiger partial charge in [-0.25, -0.2) is 4.39 Å². The van der Waals surface area contributed by atoms with Gasteiger partial charge in [-0.15, -0.1) is 0 Å². The maximum atomic E-state index is 13.1. The molecule has 2 rings (SSSR count). The van der Waals surface area contributed by atoms with E-state index < -0.39 is 0 Å². The van der Waals surface area contributed by atoms with Gasteiger partial charge < -0.3 is 0 Å². The standard InChI is InChI=1S/C14H18BrFS/c1-10-3-2-4-12(7-10)17-9-11-5-6-14(16)13(15)8-11/h5-6,8,10,12H,2-4,7,9H2,1H3. The Morgan fingerprint density at radius 3 is 2.94 bits per heavy atom. The van der Waals surface area contributed by atoms with Gasteiger partial charge in [0, 0.05) is 11.0 Å². The highest BCUT2D eigenvalue weighted by Gasteiger charge is 2.19. The van der Waals surface area contributed by atoms with Crippen LogP contribution in [0, 0.1) is 11.7 Å². The second-order valence-corrected chi connectivity index (χ2v) is 7.10. The maximum absolute atomic E-state index is 13.1. The molecule has 0 nitrogen and oxygen atoms in total. The molecule has 1 aromatic rings. The molecule has 0 aliphatic heterocycles. The fourth-order valence-corrected chi connectivity index (χ4v) is 4.21. The zero-order valence-corrected chi connectivity index (χ0v) is 12.5. The minimum Gasteiger partial charge on any atom is -0.206 e. The predicted molar refractivity (Wildman–Crippen MR) is 76.8 cm³/mol. The van der Waals surface area contributed by atoms with Gasteiger partial charge in [-0.3, -0.25) is 0 Å². The third-order valence-corrected chi connectivity index (χ3v) is 5.37. The molecule has 0 heterocycles. The van der Waals surface area contributed by atoms with Crippen LogP contribution in [0.15, 0.2) is 22.7 Å². The first-order valence-corrected chi connectivity index (χ1v) is 8.05. The molecular weight excluding hydrogens is 299 g/mol. The van der Waals surface area contributed by atoms with Crippen molar-refractivity contribution in [1.29, 1.82) is 0 Å². The average Bonchev–Trinajstić information content (AvgIpc) is 2.31. The van der Waals surface area contributed by atoms with Crippen LogP contribution in [0.5, 0.6) is 0 Å². The van der Waals surface area contributed by atoms with Crippen LogP contribution < -0.4 is 0 Å². The van der Waals surface area contributed by atoms with Crippen LogP contribution in [0.4, 0.5) is 4.39 Å². The highest BCUT2D eigenvalue weighted by Crippen LogP contribution is 2.33. The number of thioether (sulfide) groups is 1. The molecule has 1 aliphatic carbocycles. The average molecular weight is 317 g/mol. The van der Waals surface area contributed by atoms with Crippen LogP contribution in [0.1, 0.15) is 38.2 Å². The highest BCUT2D eigenvalue weighted by atomic mass is 79.9. The molecule has 2 atom stereocenters. The molecular formula is C14H18BrFS. The van der Waals surface area contributed by atoms with Crippen LogP contribution in [-0.2, 0) is 5.75 Å². The largest absolute Gasteiger partial charge is 0.206 e. The topological polar surface area (TPSA) is 0 Å². The zero-order chi connectivity index (χ0) is 12.3. The minimum atomic E-state index is -0.176. The third kappa shape index (κ3) is 3.99. The van der Waals surface area contributed by atoms with E-state index >= 15 is 0 Å². The number of hydrogen-bond donors (Lipinski definition) is 0. The molecule has 0 spiro atoms. The van der Waals surface area contributed by atoms with Gasteiger partial charge in [0.25, 0.3) is 0 Å². The van der Waals surface area contributed by atoms with Crippen molar-refractivity contribution >= 4 is 27.7 Å². The van der Waals surface area contributed by atoms with Crippen LogP contribution in [-0.4, -0.2) is 5.25 Å². The second kappa shape index (κ2) is 6.24. The molecule has 1 aliphatic rings. The van der Waals surface area contributed by atoms with E-state index in [1.807, 2.05) is 23.9 Å². The van der Waals surface area contributed by atoms with E-state index in [1.165, 1.54) is 31.2 Å². The van der Waals surface area contributed by atoms with Gasteiger partial charge in [-0.1, -0.05) is 25.8 Å². The summed E-state index contributed by atoms with van der Waals surface area (Å²) in [5.41, 5.74) is 1.21. The monoisotopic (exact) mass is 316 g/mol. The summed E-state index contributed by atoms with van der Waals surface area (Å²) >= 11 is 5.26. The Labute approximate surface area is 116 Å². The Hall–Kier alpha value is -0.0200. The minimum absolute atomic E-state index is 0.176. The quantitative estimate of drug-likeness (QED) is 0.719. The molecule has 94 valence electrons. The van der Waals surface area contributed by atoms with E-state index in [-0.39, 0.29) is 5.82 Å². The Morgan fingerprint density at radius 2 is 2.24 bits per heavy atom. The van der Waals surface area contributed by atoms with Gasteiger partial charge in [0.15, 0.2) is 0 Å². The lowest BCUT2D eigenvalue weighted by Crippen LogP contribution is -2.15. The molecule has 0 saturated heterocycles. The first-order chi connectivity index (χ1) is 8.15. The first-order valence-electron chi connectivity index (χ1n) is 6.20. The zero-order valence-electron chi connectivity index (χ0n) is 10.1. The predicted octanol–water partition coefficient (Wildman–Crippen LogP) is 5.40. The number of hydrogen-bond acceptors (Lipinski definition) is 1. The molecule has 0 amide bonds. The van der Waals surface area contributed by atoms with Crippen LogP contribution in [0.3, 0.4) is 0 Å². The molecule has 0 aromatic heterocycles. The van der Waals surface area contributed by atoms with Gasteiger partial charge >= 0.3 is 0 Å². The fraction of sp³-hybridized carbons (Fsp3) is 0.571. The Balaban J connectivity index is 1.86. The molecule has 0 radical (unpaired) electrons. The summed E-state index contributed by atoms with van der Waals surface area (Å²) in [5.74, 6) is 1.70. The summed E-state index contributed by atoms with van der Waals surface area (Å²) < 4.78 is 13.7. The molecule has 3 heteroatoms. The van der Waals surface area contributed by atoms with Crippen molar-refractivity contribution in [3.8, 4) is 0 Å². The summed E-state index contributed by atoms with van der Waals surface area (Å²) in [6, 6.07) is 5.33.